The second kappa shape index (κ2) is 10.6. The molecule has 0 heterocycles. The van der Waals surface area contributed by atoms with Gasteiger partial charge in [0.15, 0.2) is 0 Å². The van der Waals surface area contributed by atoms with E-state index in [1.165, 1.54) is 11.6 Å². The summed E-state index contributed by atoms with van der Waals surface area (Å²) < 4.78 is 84.2. The first kappa shape index (κ1) is 16.8. The van der Waals surface area contributed by atoms with Crippen LogP contribution in [0.15, 0.2) is 127 Å². The quantitative estimate of drug-likeness (QED) is 0.223. The minimum Gasteiger partial charge on any atom is -0.336 e. The van der Waals surface area contributed by atoms with Crippen LogP contribution in [0.4, 0.5) is 11.4 Å². The Bertz CT molecular complexity index is 1930. The number of benzene rings is 5. The molecule has 39 heavy (non-hydrogen) atoms. The average molecular weight is 520 g/mol. The van der Waals surface area contributed by atoms with E-state index in [-0.39, 0.29) is 27.7 Å². The number of rotatable bonds is 5. The summed E-state index contributed by atoms with van der Waals surface area (Å²) >= 11 is 0. The van der Waals surface area contributed by atoms with Crippen molar-refractivity contribution in [2.45, 2.75) is 52.5 Å². The van der Waals surface area contributed by atoms with E-state index in [9.17, 15) is 0 Å². The van der Waals surface area contributed by atoms with Gasteiger partial charge in [0.25, 0.3) is 0 Å². The van der Waals surface area contributed by atoms with Crippen molar-refractivity contribution in [3.63, 3.8) is 0 Å². The van der Waals surface area contributed by atoms with Gasteiger partial charge in [-0.05, 0) is 95.5 Å². The molecule has 0 saturated carbocycles. The van der Waals surface area contributed by atoms with Gasteiger partial charge < -0.3 is 4.90 Å². The summed E-state index contributed by atoms with van der Waals surface area (Å²) in [4.78, 5) is 2.02. The first-order valence-corrected chi connectivity index (χ1v) is 13.0. The predicted octanol–water partition coefficient (Wildman–Crippen LogP) is 10.9. The summed E-state index contributed by atoms with van der Waals surface area (Å²) in [5.74, 6) is 0. The van der Waals surface area contributed by atoms with Gasteiger partial charge in [0.2, 0.25) is 0 Å². The SMILES string of the molecule is [2H]c1c([2H])c([2H])c(-c2cc(-c3c([2H])c([2H])c([2H])c([2H])c3[2H])cc(N(c3ccc(-c4ccc(C(C)(C)C)cc4)cc3)C(C)(C)C)c2)c([2H])c1[2H]. The summed E-state index contributed by atoms with van der Waals surface area (Å²) in [5, 5.41) is 0. The number of hydrogen-bond donors (Lipinski definition) is 0. The molecule has 0 aliphatic carbocycles. The van der Waals surface area contributed by atoms with Crippen LogP contribution in [0.1, 0.15) is 60.8 Å². The molecule has 0 radical (unpaired) electrons. The second-order valence-electron chi connectivity index (χ2n) is 11.6. The van der Waals surface area contributed by atoms with Crippen LogP contribution in [0.3, 0.4) is 0 Å². The Kier molecular flexibility index (Phi) is 4.55. The highest BCUT2D eigenvalue weighted by Crippen LogP contribution is 2.39. The van der Waals surface area contributed by atoms with E-state index in [0.717, 1.165) is 16.8 Å². The molecule has 0 aromatic heterocycles. The van der Waals surface area contributed by atoms with E-state index in [1.807, 2.05) is 49.9 Å². The molecule has 5 aromatic rings. The zero-order valence-corrected chi connectivity index (χ0v) is 23.3. The largest absolute Gasteiger partial charge is 0.336 e. The van der Waals surface area contributed by atoms with Crippen LogP contribution in [-0.2, 0) is 5.41 Å². The molecule has 1 nitrogen and oxygen atoms in total. The average Bonchev–Trinajstić information content (AvgIpc) is 3.04. The third-order valence-electron chi connectivity index (χ3n) is 6.63. The number of hydrogen-bond acceptors (Lipinski definition) is 1. The van der Waals surface area contributed by atoms with Gasteiger partial charge in [0, 0.05) is 16.9 Å². The van der Waals surface area contributed by atoms with Crippen LogP contribution in [0.25, 0.3) is 33.4 Å². The molecular weight excluding hydrogens is 470 g/mol. The number of anilines is 2. The predicted molar refractivity (Wildman–Crippen MR) is 170 cm³/mol. The Morgan fingerprint density at radius 1 is 0.462 bits per heavy atom. The lowest BCUT2D eigenvalue weighted by molar-refractivity contribution is 0.560. The van der Waals surface area contributed by atoms with E-state index in [4.69, 9.17) is 13.7 Å². The van der Waals surface area contributed by atoms with Gasteiger partial charge >= 0.3 is 0 Å². The van der Waals surface area contributed by atoms with Crippen molar-refractivity contribution in [2.75, 3.05) is 4.90 Å². The Balaban J connectivity index is 1.76. The maximum Gasteiger partial charge on any atom is 0.0629 e. The molecule has 5 aromatic carbocycles. The molecule has 0 atom stereocenters. The molecule has 0 aliphatic rings. The molecule has 0 amide bonds. The van der Waals surface area contributed by atoms with Crippen molar-refractivity contribution in [1.82, 2.24) is 0 Å². The highest BCUT2D eigenvalue weighted by Gasteiger charge is 2.25. The van der Waals surface area contributed by atoms with E-state index in [2.05, 4.69) is 45.0 Å². The Labute approximate surface area is 248 Å². The van der Waals surface area contributed by atoms with Crippen molar-refractivity contribution in [3.8, 4) is 33.4 Å². The Morgan fingerprint density at radius 3 is 1.31 bits per heavy atom. The third kappa shape index (κ3) is 5.99. The molecular formula is C38H39N. The summed E-state index contributed by atoms with van der Waals surface area (Å²) in [6.07, 6.45) is 0. The van der Waals surface area contributed by atoms with Gasteiger partial charge in [-0.15, -0.1) is 0 Å². The normalized spacial score (nSPS) is 15.4. The molecule has 0 aliphatic heterocycles. The first-order chi connectivity index (χ1) is 22.7. The lowest BCUT2D eigenvalue weighted by Crippen LogP contribution is -2.37. The summed E-state index contributed by atoms with van der Waals surface area (Å²) in [6.45, 7) is 12.5. The Morgan fingerprint density at radius 2 is 0.897 bits per heavy atom. The molecule has 0 spiro atoms. The van der Waals surface area contributed by atoms with Crippen LogP contribution >= 0.6 is 0 Å². The molecule has 0 fully saturated rings. The van der Waals surface area contributed by atoms with Crippen LogP contribution in [0.5, 0.6) is 0 Å². The summed E-state index contributed by atoms with van der Waals surface area (Å²) in [6, 6.07) is 16.8. The zero-order valence-electron chi connectivity index (χ0n) is 33.3. The van der Waals surface area contributed by atoms with E-state index in [1.54, 1.807) is 12.1 Å². The van der Waals surface area contributed by atoms with E-state index < -0.39 is 66.0 Å². The molecule has 0 bridgehead atoms. The fourth-order valence-electron chi connectivity index (χ4n) is 4.71. The van der Waals surface area contributed by atoms with Crippen molar-refractivity contribution in [2.24, 2.45) is 0 Å². The Hall–Kier alpha value is -4.10. The van der Waals surface area contributed by atoms with Crippen LogP contribution in [0.2, 0.25) is 0 Å². The zero-order chi connectivity index (χ0) is 36.3. The van der Waals surface area contributed by atoms with Gasteiger partial charge in [-0.3, -0.25) is 0 Å². The van der Waals surface area contributed by atoms with Gasteiger partial charge in [-0.25, -0.2) is 0 Å². The maximum atomic E-state index is 8.70. The van der Waals surface area contributed by atoms with Gasteiger partial charge in [0.1, 0.15) is 0 Å². The van der Waals surface area contributed by atoms with Crippen LogP contribution in [0, 0.1) is 0 Å². The molecule has 0 N–H and O–H groups in total. The lowest BCUT2D eigenvalue weighted by atomic mass is 9.86. The smallest absolute Gasteiger partial charge is 0.0629 e. The topological polar surface area (TPSA) is 3.24 Å². The van der Waals surface area contributed by atoms with Crippen molar-refractivity contribution >= 4 is 11.4 Å². The fourth-order valence-corrected chi connectivity index (χ4v) is 4.71. The highest BCUT2D eigenvalue weighted by molar-refractivity contribution is 5.81. The summed E-state index contributed by atoms with van der Waals surface area (Å²) in [5.41, 5.74) is 4.53. The van der Waals surface area contributed by atoms with Gasteiger partial charge in [-0.1, -0.05) is 118 Å². The minimum atomic E-state index is -0.564. The van der Waals surface area contributed by atoms with Crippen LogP contribution in [-0.4, -0.2) is 5.54 Å². The monoisotopic (exact) mass is 519 g/mol. The summed E-state index contributed by atoms with van der Waals surface area (Å²) in [7, 11) is 0. The minimum absolute atomic E-state index is 0.0350. The molecule has 0 unspecified atom stereocenters. The van der Waals surface area contributed by atoms with E-state index >= 15 is 0 Å². The number of nitrogens with zero attached hydrogens (tertiary/aromatic N) is 1. The highest BCUT2D eigenvalue weighted by atomic mass is 15.2. The van der Waals surface area contributed by atoms with Crippen molar-refractivity contribution in [3.05, 3.63) is 133 Å². The third-order valence-corrected chi connectivity index (χ3v) is 6.63. The van der Waals surface area contributed by atoms with Crippen LogP contribution < -0.4 is 4.90 Å². The van der Waals surface area contributed by atoms with E-state index in [0.29, 0.717) is 5.69 Å². The van der Waals surface area contributed by atoms with Crippen molar-refractivity contribution in [1.29, 1.82) is 0 Å². The van der Waals surface area contributed by atoms with Crippen molar-refractivity contribution < 1.29 is 13.7 Å². The molecule has 0 saturated heterocycles. The van der Waals surface area contributed by atoms with Gasteiger partial charge in [-0.2, -0.15) is 0 Å². The molecule has 196 valence electrons. The second-order valence-corrected chi connectivity index (χ2v) is 11.6. The van der Waals surface area contributed by atoms with Gasteiger partial charge in [0.05, 0.1) is 13.7 Å². The molecule has 1 heteroatoms. The maximum absolute atomic E-state index is 8.70. The molecule has 5 rings (SSSR count). The first-order valence-electron chi connectivity index (χ1n) is 18.0. The standard InChI is InChI=1S/C38H39N/c1-37(2,3)34-21-17-30(18-22-34)31-19-23-35(24-20-31)39(38(4,5)6)36-26-32(28-13-9-7-10-14-28)25-33(27-36)29-15-11-8-12-16-29/h7-27H,1-6H3/i7D,8D,9D,10D,11D,12D,13D,14D,15D,16D. The lowest BCUT2D eigenvalue weighted by Gasteiger charge is -2.38. The fraction of sp³-hybridized carbons (Fsp3) is 0.211.